The van der Waals surface area contributed by atoms with Gasteiger partial charge in [-0.15, -0.1) is 0 Å². The third-order valence-corrected chi connectivity index (χ3v) is 4.90. The molecule has 0 aliphatic rings. The molecule has 0 spiro atoms. The van der Waals surface area contributed by atoms with Gasteiger partial charge in [-0.1, -0.05) is 23.7 Å². The summed E-state index contributed by atoms with van der Waals surface area (Å²) in [5, 5.41) is 6.55. The van der Waals surface area contributed by atoms with Crippen molar-refractivity contribution in [2.24, 2.45) is 0 Å². The molecule has 7 heteroatoms. The van der Waals surface area contributed by atoms with E-state index in [2.05, 4.69) is 20.6 Å². The van der Waals surface area contributed by atoms with E-state index in [9.17, 15) is 4.79 Å². The van der Waals surface area contributed by atoms with E-state index in [-0.39, 0.29) is 5.91 Å². The summed E-state index contributed by atoms with van der Waals surface area (Å²) in [7, 11) is 1.52. The van der Waals surface area contributed by atoms with Gasteiger partial charge in [0.05, 0.1) is 18.4 Å². The van der Waals surface area contributed by atoms with Crippen molar-refractivity contribution < 1.29 is 9.53 Å². The van der Waals surface area contributed by atoms with Crippen LogP contribution in [-0.4, -0.2) is 23.0 Å². The standard InChI is InChI=1S/C21H21ClN4O2/c1-12-6-5-7-17(14(12)3)26-21-23-10-15(11-24-21)20(27)25-18-8-13(2)16(22)9-19(18)28-4/h5-11H,1-4H3,(H,25,27)(H,23,24,26). The second-order valence-corrected chi connectivity index (χ2v) is 6.83. The average Bonchev–Trinajstić information content (AvgIpc) is 2.68. The van der Waals surface area contributed by atoms with Gasteiger partial charge < -0.3 is 15.4 Å². The van der Waals surface area contributed by atoms with Crippen LogP contribution < -0.4 is 15.4 Å². The van der Waals surface area contributed by atoms with E-state index in [0.717, 1.165) is 16.8 Å². The van der Waals surface area contributed by atoms with Crippen LogP contribution in [0.3, 0.4) is 0 Å². The van der Waals surface area contributed by atoms with Crippen LogP contribution in [0.2, 0.25) is 5.02 Å². The molecule has 2 aromatic carbocycles. The number of hydrogen-bond donors (Lipinski definition) is 2. The number of halogens is 1. The minimum absolute atomic E-state index is 0.334. The van der Waals surface area contributed by atoms with Gasteiger partial charge in [0.1, 0.15) is 5.75 Å². The number of hydrogen-bond acceptors (Lipinski definition) is 5. The highest BCUT2D eigenvalue weighted by molar-refractivity contribution is 6.31. The Labute approximate surface area is 168 Å². The van der Waals surface area contributed by atoms with Crippen LogP contribution in [0.5, 0.6) is 5.75 Å². The molecule has 0 saturated heterocycles. The minimum atomic E-state index is -0.335. The third kappa shape index (κ3) is 4.23. The van der Waals surface area contributed by atoms with Gasteiger partial charge in [-0.25, -0.2) is 9.97 Å². The van der Waals surface area contributed by atoms with Crippen LogP contribution in [-0.2, 0) is 0 Å². The fraction of sp³-hybridized carbons (Fsp3) is 0.190. The lowest BCUT2D eigenvalue weighted by Gasteiger charge is -2.12. The number of carbonyl (C=O) groups is 1. The molecule has 3 rings (SSSR count). The number of anilines is 3. The Morgan fingerprint density at radius 2 is 1.75 bits per heavy atom. The highest BCUT2D eigenvalue weighted by atomic mass is 35.5. The molecule has 0 atom stereocenters. The van der Waals surface area contributed by atoms with Crippen molar-refractivity contribution >= 4 is 34.8 Å². The van der Waals surface area contributed by atoms with Crippen molar-refractivity contribution in [1.82, 2.24) is 9.97 Å². The Kier molecular flexibility index (Phi) is 5.80. The molecule has 3 aromatic rings. The Bertz CT molecular complexity index is 1020. The van der Waals surface area contributed by atoms with Crippen molar-refractivity contribution in [3.05, 3.63) is 70.0 Å². The molecule has 0 aliphatic heterocycles. The second kappa shape index (κ2) is 8.27. The van der Waals surface area contributed by atoms with Gasteiger partial charge in [0.2, 0.25) is 5.95 Å². The lowest BCUT2D eigenvalue weighted by atomic mass is 10.1. The van der Waals surface area contributed by atoms with Gasteiger partial charge in [0.15, 0.2) is 0 Å². The van der Waals surface area contributed by atoms with E-state index in [1.165, 1.54) is 25.1 Å². The summed E-state index contributed by atoms with van der Waals surface area (Å²) in [5.74, 6) is 0.571. The topological polar surface area (TPSA) is 76.1 Å². The molecule has 2 N–H and O–H groups in total. The highest BCUT2D eigenvalue weighted by Gasteiger charge is 2.13. The van der Waals surface area contributed by atoms with Gasteiger partial charge in [-0.2, -0.15) is 0 Å². The maximum Gasteiger partial charge on any atom is 0.258 e. The zero-order chi connectivity index (χ0) is 20.3. The van der Waals surface area contributed by atoms with Crippen LogP contribution in [0.25, 0.3) is 0 Å². The van der Waals surface area contributed by atoms with E-state index in [0.29, 0.717) is 28.0 Å². The molecule has 144 valence electrons. The van der Waals surface area contributed by atoms with Gasteiger partial charge in [0.25, 0.3) is 5.91 Å². The zero-order valence-electron chi connectivity index (χ0n) is 16.1. The molecule has 0 bridgehead atoms. The number of benzene rings is 2. The summed E-state index contributed by atoms with van der Waals surface area (Å²) < 4.78 is 5.28. The first-order chi connectivity index (χ1) is 13.4. The zero-order valence-corrected chi connectivity index (χ0v) is 16.9. The summed E-state index contributed by atoms with van der Waals surface area (Å²) in [6.45, 7) is 5.93. The average molecular weight is 397 g/mol. The highest BCUT2D eigenvalue weighted by Crippen LogP contribution is 2.31. The van der Waals surface area contributed by atoms with Gasteiger partial charge in [0, 0.05) is 29.2 Å². The normalized spacial score (nSPS) is 10.5. The smallest absolute Gasteiger partial charge is 0.258 e. The molecule has 0 fully saturated rings. The molecule has 0 aliphatic carbocycles. The van der Waals surface area contributed by atoms with Crippen LogP contribution in [0.4, 0.5) is 17.3 Å². The predicted molar refractivity (Wildman–Crippen MR) is 112 cm³/mol. The minimum Gasteiger partial charge on any atom is -0.495 e. The van der Waals surface area contributed by atoms with E-state index in [4.69, 9.17) is 16.3 Å². The lowest BCUT2D eigenvalue weighted by Crippen LogP contribution is -2.14. The van der Waals surface area contributed by atoms with Crippen molar-refractivity contribution in [3.8, 4) is 5.75 Å². The summed E-state index contributed by atoms with van der Waals surface area (Å²) in [6.07, 6.45) is 2.95. The predicted octanol–water partition coefficient (Wildman–Crippen LogP) is 5.06. The first-order valence-electron chi connectivity index (χ1n) is 8.70. The fourth-order valence-electron chi connectivity index (χ4n) is 2.64. The molecule has 0 radical (unpaired) electrons. The van der Waals surface area contributed by atoms with Crippen LogP contribution in [0, 0.1) is 20.8 Å². The largest absolute Gasteiger partial charge is 0.495 e. The summed E-state index contributed by atoms with van der Waals surface area (Å²) in [6, 6.07) is 9.40. The molecule has 1 amide bonds. The van der Waals surface area contributed by atoms with Crippen LogP contribution in [0.15, 0.2) is 42.7 Å². The maximum absolute atomic E-state index is 12.5. The third-order valence-electron chi connectivity index (χ3n) is 4.49. The number of aromatic nitrogens is 2. The quantitative estimate of drug-likeness (QED) is 0.630. The Hall–Kier alpha value is -3.12. The van der Waals surface area contributed by atoms with Crippen LogP contribution in [0.1, 0.15) is 27.0 Å². The van der Waals surface area contributed by atoms with Crippen molar-refractivity contribution in [1.29, 1.82) is 0 Å². The monoisotopic (exact) mass is 396 g/mol. The first kappa shape index (κ1) is 19.6. The number of rotatable bonds is 5. The Morgan fingerprint density at radius 3 is 2.43 bits per heavy atom. The molecule has 0 unspecified atom stereocenters. The molecule has 1 aromatic heterocycles. The summed E-state index contributed by atoms with van der Waals surface area (Å²) >= 11 is 6.10. The first-order valence-corrected chi connectivity index (χ1v) is 9.07. The van der Waals surface area contributed by atoms with E-state index >= 15 is 0 Å². The SMILES string of the molecule is COc1cc(Cl)c(C)cc1NC(=O)c1cnc(Nc2cccc(C)c2C)nc1. The molecule has 0 saturated carbocycles. The van der Waals surface area contributed by atoms with Crippen molar-refractivity contribution in [2.75, 3.05) is 17.7 Å². The lowest BCUT2D eigenvalue weighted by molar-refractivity contribution is 0.102. The molecular weight excluding hydrogens is 376 g/mol. The van der Waals surface area contributed by atoms with E-state index in [1.807, 2.05) is 39.0 Å². The molecular formula is C21H21ClN4O2. The number of aryl methyl sites for hydroxylation is 2. The maximum atomic E-state index is 12.5. The Morgan fingerprint density at radius 1 is 1.04 bits per heavy atom. The van der Waals surface area contributed by atoms with Gasteiger partial charge in [-0.3, -0.25) is 4.79 Å². The number of carbonyl (C=O) groups excluding carboxylic acids is 1. The summed E-state index contributed by atoms with van der Waals surface area (Å²) in [5.41, 5.74) is 4.93. The summed E-state index contributed by atoms with van der Waals surface area (Å²) in [4.78, 5) is 21.0. The molecule has 1 heterocycles. The van der Waals surface area contributed by atoms with Crippen molar-refractivity contribution in [2.45, 2.75) is 20.8 Å². The van der Waals surface area contributed by atoms with Gasteiger partial charge >= 0.3 is 0 Å². The van der Waals surface area contributed by atoms with Crippen LogP contribution >= 0.6 is 11.6 Å². The number of nitrogens with one attached hydrogen (secondary N) is 2. The number of amides is 1. The number of methoxy groups -OCH3 is 1. The number of nitrogens with zero attached hydrogens (tertiary/aromatic N) is 2. The van der Waals surface area contributed by atoms with E-state index in [1.54, 1.807) is 12.1 Å². The van der Waals surface area contributed by atoms with E-state index < -0.39 is 0 Å². The fourth-order valence-corrected chi connectivity index (χ4v) is 2.79. The van der Waals surface area contributed by atoms with Crippen molar-refractivity contribution in [3.63, 3.8) is 0 Å². The molecule has 6 nitrogen and oxygen atoms in total. The molecule has 28 heavy (non-hydrogen) atoms. The second-order valence-electron chi connectivity index (χ2n) is 6.42. The number of ether oxygens (including phenoxy) is 1. The van der Waals surface area contributed by atoms with Gasteiger partial charge in [-0.05, 0) is 49.6 Å². The Balaban J connectivity index is 1.76.